The largest absolute Gasteiger partial charge is 0.324 e. The van der Waals surface area contributed by atoms with Gasteiger partial charge in [0.2, 0.25) is 15.9 Å². The molecule has 0 bridgehead atoms. The number of anilines is 2. The number of nitrogens with zero attached hydrogens (tertiary/aromatic N) is 2. The lowest BCUT2D eigenvalue weighted by Gasteiger charge is -2.25. The van der Waals surface area contributed by atoms with Crippen molar-refractivity contribution in [2.45, 2.75) is 26.2 Å². The van der Waals surface area contributed by atoms with Crippen molar-refractivity contribution in [2.75, 3.05) is 22.4 Å². The first-order valence-electron chi connectivity index (χ1n) is 8.40. The molecule has 2 rings (SSSR count). The summed E-state index contributed by atoms with van der Waals surface area (Å²) in [6, 6.07) is 15.7. The first-order valence-corrected chi connectivity index (χ1v) is 10.2. The van der Waals surface area contributed by atoms with Crippen LogP contribution in [-0.4, -0.2) is 27.1 Å². The molecule has 0 aliphatic heterocycles. The molecule has 2 aromatic rings. The summed E-state index contributed by atoms with van der Waals surface area (Å²) >= 11 is 0. The maximum Gasteiger partial charge on any atom is 0.245 e. The van der Waals surface area contributed by atoms with Gasteiger partial charge in [-0.25, -0.2) is 8.42 Å². The molecular weight excluding hydrogens is 362 g/mol. The van der Waals surface area contributed by atoms with Gasteiger partial charge in [-0.05, 0) is 29.2 Å². The summed E-state index contributed by atoms with van der Waals surface area (Å²) in [5, 5.41) is 12.1. The highest BCUT2D eigenvalue weighted by molar-refractivity contribution is 7.92. The van der Waals surface area contributed by atoms with Crippen molar-refractivity contribution in [1.29, 1.82) is 5.26 Å². The summed E-state index contributed by atoms with van der Waals surface area (Å²) in [5.74, 6) is -0.482. The molecule has 7 heteroatoms. The third-order valence-corrected chi connectivity index (χ3v) is 5.12. The Hall–Kier alpha value is -2.85. The van der Waals surface area contributed by atoms with Crippen LogP contribution >= 0.6 is 0 Å². The maximum absolute atomic E-state index is 12.6. The number of nitrogens with one attached hydrogen (secondary N) is 1. The standard InChI is InChI=1S/C20H23N3O3S/c1-20(2,3)16-10-6-7-11-17(16)22-19(24)14-23(27(4,25)26)18-12-8-5-9-15(18)13-21/h5-12H,14H2,1-4H3,(H,22,24). The molecule has 142 valence electrons. The molecule has 0 heterocycles. The minimum Gasteiger partial charge on any atom is -0.324 e. The van der Waals surface area contributed by atoms with Gasteiger partial charge in [-0.3, -0.25) is 9.10 Å². The van der Waals surface area contributed by atoms with Crippen molar-refractivity contribution in [3.63, 3.8) is 0 Å². The second-order valence-electron chi connectivity index (χ2n) is 7.24. The Kier molecular flexibility index (Phi) is 5.91. The SMILES string of the molecule is CC(C)(C)c1ccccc1NC(=O)CN(c1ccccc1C#N)S(C)(=O)=O. The molecule has 1 N–H and O–H groups in total. The zero-order valence-electron chi connectivity index (χ0n) is 15.9. The van der Waals surface area contributed by atoms with Crippen LogP contribution in [0.15, 0.2) is 48.5 Å². The van der Waals surface area contributed by atoms with E-state index in [1.165, 1.54) is 12.1 Å². The van der Waals surface area contributed by atoms with Crippen LogP contribution in [0, 0.1) is 11.3 Å². The molecule has 0 spiro atoms. The fourth-order valence-corrected chi connectivity index (χ4v) is 3.60. The van der Waals surface area contributed by atoms with E-state index in [2.05, 4.69) is 5.32 Å². The summed E-state index contributed by atoms with van der Waals surface area (Å²) in [6.45, 7) is 5.67. The molecule has 0 saturated carbocycles. The fourth-order valence-electron chi connectivity index (χ4n) is 2.73. The molecule has 0 aliphatic rings. The average molecular weight is 385 g/mol. The Morgan fingerprint density at radius 1 is 1.11 bits per heavy atom. The molecule has 0 fully saturated rings. The first kappa shape index (κ1) is 20.5. The van der Waals surface area contributed by atoms with Crippen LogP contribution in [-0.2, 0) is 20.2 Å². The number of hydrogen-bond donors (Lipinski definition) is 1. The number of para-hydroxylation sites is 2. The van der Waals surface area contributed by atoms with Gasteiger partial charge in [-0.1, -0.05) is 51.1 Å². The Balaban J connectivity index is 2.33. The van der Waals surface area contributed by atoms with Crippen molar-refractivity contribution in [2.24, 2.45) is 0 Å². The summed E-state index contributed by atoms with van der Waals surface area (Å²) in [7, 11) is -3.76. The van der Waals surface area contributed by atoms with Gasteiger partial charge in [0.25, 0.3) is 0 Å². The predicted octanol–water partition coefficient (Wildman–Crippen LogP) is 3.26. The number of hydrogen-bond acceptors (Lipinski definition) is 4. The number of carbonyl (C=O) groups excluding carboxylic acids is 1. The van der Waals surface area contributed by atoms with E-state index in [0.717, 1.165) is 16.1 Å². The van der Waals surface area contributed by atoms with Gasteiger partial charge in [-0.15, -0.1) is 0 Å². The van der Waals surface area contributed by atoms with Crippen molar-refractivity contribution < 1.29 is 13.2 Å². The number of sulfonamides is 1. The van der Waals surface area contributed by atoms with E-state index < -0.39 is 22.5 Å². The molecule has 0 atom stereocenters. The minimum atomic E-state index is -3.76. The van der Waals surface area contributed by atoms with E-state index in [-0.39, 0.29) is 16.7 Å². The van der Waals surface area contributed by atoms with Crippen molar-refractivity contribution in [3.05, 3.63) is 59.7 Å². The van der Waals surface area contributed by atoms with E-state index in [0.29, 0.717) is 5.69 Å². The molecule has 0 aliphatic carbocycles. The third-order valence-electron chi connectivity index (χ3n) is 3.99. The lowest BCUT2D eigenvalue weighted by molar-refractivity contribution is -0.114. The minimum absolute atomic E-state index is 0.182. The number of rotatable bonds is 5. The smallest absolute Gasteiger partial charge is 0.245 e. The van der Waals surface area contributed by atoms with Gasteiger partial charge in [0.1, 0.15) is 12.6 Å². The topological polar surface area (TPSA) is 90.3 Å². The van der Waals surface area contributed by atoms with Gasteiger partial charge in [-0.2, -0.15) is 5.26 Å². The normalized spacial score (nSPS) is 11.5. The molecule has 2 aromatic carbocycles. The van der Waals surface area contributed by atoms with Crippen molar-refractivity contribution >= 4 is 27.3 Å². The van der Waals surface area contributed by atoms with E-state index in [1.807, 2.05) is 45.0 Å². The number of benzene rings is 2. The van der Waals surface area contributed by atoms with Crippen LogP contribution in [0.5, 0.6) is 0 Å². The van der Waals surface area contributed by atoms with Gasteiger partial charge in [0, 0.05) is 5.69 Å². The van der Waals surface area contributed by atoms with Crippen molar-refractivity contribution in [1.82, 2.24) is 0 Å². The highest BCUT2D eigenvalue weighted by Crippen LogP contribution is 2.29. The van der Waals surface area contributed by atoms with E-state index in [9.17, 15) is 18.5 Å². The van der Waals surface area contributed by atoms with Gasteiger partial charge >= 0.3 is 0 Å². The highest BCUT2D eigenvalue weighted by Gasteiger charge is 2.24. The fraction of sp³-hybridized carbons (Fsp3) is 0.300. The average Bonchev–Trinajstić information content (AvgIpc) is 2.58. The van der Waals surface area contributed by atoms with Crippen LogP contribution in [0.3, 0.4) is 0 Å². The Bertz CT molecular complexity index is 986. The number of carbonyl (C=O) groups is 1. The Morgan fingerprint density at radius 2 is 1.70 bits per heavy atom. The highest BCUT2D eigenvalue weighted by atomic mass is 32.2. The van der Waals surface area contributed by atoms with Crippen LogP contribution in [0.4, 0.5) is 11.4 Å². The molecule has 0 saturated heterocycles. The van der Waals surface area contributed by atoms with Crippen LogP contribution in [0.1, 0.15) is 31.9 Å². The van der Waals surface area contributed by atoms with Gasteiger partial charge < -0.3 is 5.32 Å². The zero-order valence-corrected chi connectivity index (χ0v) is 16.7. The summed E-state index contributed by atoms with van der Waals surface area (Å²) in [6.07, 6.45) is 1.01. The maximum atomic E-state index is 12.6. The predicted molar refractivity (Wildman–Crippen MR) is 107 cm³/mol. The Labute approximate surface area is 160 Å². The number of nitriles is 1. The van der Waals surface area contributed by atoms with Crippen LogP contribution in [0.2, 0.25) is 0 Å². The lowest BCUT2D eigenvalue weighted by atomic mass is 9.86. The van der Waals surface area contributed by atoms with Crippen molar-refractivity contribution in [3.8, 4) is 6.07 Å². The molecule has 1 amide bonds. The second-order valence-corrected chi connectivity index (χ2v) is 9.15. The van der Waals surface area contributed by atoms with E-state index >= 15 is 0 Å². The zero-order chi connectivity index (χ0) is 20.2. The third kappa shape index (κ3) is 5.08. The molecule has 0 unspecified atom stereocenters. The van der Waals surface area contributed by atoms with Gasteiger partial charge in [0.15, 0.2) is 0 Å². The molecular formula is C20H23N3O3S. The molecule has 27 heavy (non-hydrogen) atoms. The quantitative estimate of drug-likeness (QED) is 0.855. The van der Waals surface area contributed by atoms with Crippen LogP contribution < -0.4 is 9.62 Å². The summed E-state index contributed by atoms with van der Waals surface area (Å²) in [4.78, 5) is 12.6. The molecule has 6 nitrogen and oxygen atoms in total. The number of amides is 1. The van der Waals surface area contributed by atoms with E-state index in [4.69, 9.17) is 0 Å². The van der Waals surface area contributed by atoms with Gasteiger partial charge in [0.05, 0.1) is 17.5 Å². The van der Waals surface area contributed by atoms with E-state index in [1.54, 1.807) is 18.2 Å². The Morgan fingerprint density at radius 3 is 2.30 bits per heavy atom. The second kappa shape index (κ2) is 7.80. The first-order chi connectivity index (χ1) is 12.5. The summed E-state index contributed by atoms with van der Waals surface area (Å²) in [5.41, 5.74) is 1.76. The van der Waals surface area contributed by atoms with Crippen LogP contribution in [0.25, 0.3) is 0 Å². The molecule has 0 radical (unpaired) electrons. The molecule has 0 aromatic heterocycles. The lowest BCUT2D eigenvalue weighted by Crippen LogP contribution is -2.38. The summed E-state index contributed by atoms with van der Waals surface area (Å²) < 4.78 is 25.4. The monoisotopic (exact) mass is 385 g/mol.